The lowest BCUT2D eigenvalue weighted by Crippen LogP contribution is -2.35. The van der Waals surface area contributed by atoms with Gasteiger partial charge in [-0.2, -0.15) is 8.78 Å². The predicted molar refractivity (Wildman–Crippen MR) is 103 cm³/mol. The van der Waals surface area contributed by atoms with Crippen molar-refractivity contribution in [1.82, 2.24) is 4.90 Å². The first-order valence-electron chi connectivity index (χ1n) is 8.87. The Morgan fingerprint density at radius 2 is 1.93 bits per heavy atom. The number of benzene rings is 2. The lowest BCUT2D eigenvalue weighted by atomic mass is 9.82. The molecule has 2 aromatic carbocycles. The van der Waals surface area contributed by atoms with Crippen molar-refractivity contribution >= 4 is 5.96 Å². The van der Waals surface area contributed by atoms with Crippen molar-refractivity contribution in [1.29, 1.82) is 0 Å². The number of hydrogen-bond acceptors (Lipinski definition) is 4. The topological polar surface area (TPSA) is 50.9 Å². The van der Waals surface area contributed by atoms with E-state index in [4.69, 9.17) is 5.73 Å². The number of hydrogen-bond donors (Lipinski definition) is 1. The average Bonchev–Trinajstić information content (AvgIpc) is 2.97. The average molecular weight is 389 g/mol. The van der Waals surface area contributed by atoms with Gasteiger partial charge in [0.1, 0.15) is 17.1 Å². The van der Waals surface area contributed by atoms with Crippen molar-refractivity contribution in [3.05, 3.63) is 77.6 Å². The number of halogens is 3. The van der Waals surface area contributed by atoms with E-state index in [1.54, 1.807) is 35.2 Å². The van der Waals surface area contributed by atoms with E-state index < -0.39 is 12.2 Å². The molecule has 0 bridgehead atoms. The van der Waals surface area contributed by atoms with Gasteiger partial charge in [-0.15, -0.1) is 6.58 Å². The van der Waals surface area contributed by atoms with Crippen molar-refractivity contribution in [2.75, 3.05) is 13.6 Å². The maximum absolute atomic E-state index is 14.2. The second-order valence-corrected chi connectivity index (χ2v) is 6.72. The molecule has 2 N–H and O–H groups in total. The summed E-state index contributed by atoms with van der Waals surface area (Å²) in [5.41, 5.74) is 7.28. The van der Waals surface area contributed by atoms with Gasteiger partial charge in [0.15, 0.2) is 5.96 Å². The van der Waals surface area contributed by atoms with Crippen LogP contribution in [0.5, 0.6) is 5.75 Å². The van der Waals surface area contributed by atoms with Gasteiger partial charge in [0.25, 0.3) is 0 Å². The Bertz CT molecular complexity index is 883. The molecule has 1 atom stereocenters. The molecule has 0 fully saturated rings. The van der Waals surface area contributed by atoms with Gasteiger partial charge in [-0.3, -0.25) is 0 Å². The maximum atomic E-state index is 14.2. The second-order valence-electron chi connectivity index (χ2n) is 6.72. The fourth-order valence-corrected chi connectivity index (χ4v) is 3.41. The minimum Gasteiger partial charge on any atom is -0.435 e. The summed E-state index contributed by atoms with van der Waals surface area (Å²) in [5.74, 6) is 0.123. The highest BCUT2D eigenvalue weighted by atomic mass is 19.3. The Kier molecular flexibility index (Phi) is 5.63. The van der Waals surface area contributed by atoms with Crippen LogP contribution in [-0.2, 0) is 12.0 Å². The SMILES string of the molecule is C=CCCc1cc(C2(c3ccc(OC(F)F)cc3)CN(C)C(N)=N2)ccc1F. The first-order valence-corrected chi connectivity index (χ1v) is 8.87. The van der Waals surface area contributed by atoms with Crippen molar-refractivity contribution in [3.63, 3.8) is 0 Å². The zero-order valence-corrected chi connectivity index (χ0v) is 15.5. The second kappa shape index (κ2) is 7.96. The van der Waals surface area contributed by atoms with Crippen LogP contribution < -0.4 is 10.5 Å². The van der Waals surface area contributed by atoms with Gasteiger partial charge >= 0.3 is 6.61 Å². The van der Waals surface area contributed by atoms with E-state index in [9.17, 15) is 13.2 Å². The fraction of sp³-hybridized carbons (Fsp3) is 0.286. The number of alkyl halides is 2. The molecule has 28 heavy (non-hydrogen) atoms. The first-order chi connectivity index (χ1) is 13.4. The van der Waals surface area contributed by atoms with Gasteiger partial charge in [-0.1, -0.05) is 30.3 Å². The monoisotopic (exact) mass is 389 g/mol. The van der Waals surface area contributed by atoms with Crippen LogP contribution in [0.15, 0.2) is 60.1 Å². The minimum absolute atomic E-state index is 0.0583. The van der Waals surface area contributed by atoms with E-state index in [0.717, 1.165) is 11.1 Å². The normalized spacial score (nSPS) is 19.0. The summed E-state index contributed by atoms with van der Waals surface area (Å²) in [5, 5.41) is 0. The number of ether oxygens (including phenoxy) is 1. The van der Waals surface area contributed by atoms with Gasteiger partial charge < -0.3 is 15.4 Å². The molecule has 7 heteroatoms. The number of aryl methyl sites for hydroxylation is 1. The summed E-state index contributed by atoms with van der Waals surface area (Å²) in [6.07, 6.45) is 2.91. The maximum Gasteiger partial charge on any atom is 0.387 e. The molecule has 0 aromatic heterocycles. The van der Waals surface area contributed by atoms with Gasteiger partial charge in [0.2, 0.25) is 0 Å². The zero-order valence-electron chi connectivity index (χ0n) is 15.5. The lowest BCUT2D eigenvalue weighted by molar-refractivity contribution is -0.0498. The highest BCUT2D eigenvalue weighted by Crippen LogP contribution is 2.39. The molecule has 3 rings (SSSR count). The molecule has 0 radical (unpaired) electrons. The molecule has 148 valence electrons. The summed E-state index contributed by atoms with van der Waals surface area (Å²) in [6.45, 7) is 1.23. The van der Waals surface area contributed by atoms with Crippen molar-refractivity contribution < 1.29 is 17.9 Å². The van der Waals surface area contributed by atoms with Crippen LogP contribution in [0, 0.1) is 5.82 Å². The third-order valence-corrected chi connectivity index (χ3v) is 4.86. The smallest absolute Gasteiger partial charge is 0.387 e. The zero-order chi connectivity index (χ0) is 20.3. The van der Waals surface area contributed by atoms with Gasteiger partial charge in [-0.05, 0) is 47.7 Å². The number of likely N-dealkylation sites (N-methyl/N-ethyl adjacent to an activating group) is 1. The third kappa shape index (κ3) is 3.83. The minimum atomic E-state index is -2.89. The van der Waals surface area contributed by atoms with E-state index in [0.29, 0.717) is 30.9 Å². The molecule has 1 unspecified atom stereocenters. The molecule has 0 saturated heterocycles. The molecule has 1 aliphatic rings. The number of nitrogens with zero attached hydrogens (tertiary/aromatic N) is 2. The quantitative estimate of drug-likeness (QED) is 0.727. The third-order valence-electron chi connectivity index (χ3n) is 4.86. The molecule has 1 heterocycles. The Hall–Kier alpha value is -2.96. The summed E-state index contributed by atoms with van der Waals surface area (Å²) >= 11 is 0. The van der Waals surface area contributed by atoms with Crippen LogP contribution in [0.3, 0.4) is 0 Å². The number of guanidine groups is 1. The van der Waals surface area contributed by atoms with E-state index in [1.165, 1.54) is 18.2 Å². The van der Waals surface area contributed by atoms with Crippen LogP contribution >= 0.6 is 0 Å². The van der Waals surface area contributed by atoms with Gasteiger partial charge in [0.05, 0.1) is 6.54 Å². The molecule has 0 saturated carbocycles. The van der Waals surface area contributed by atoms with E-state index >= 15 is 0 Å². The summed E-state index contributed by atoms with van der Waals surface area (Å²) in [4.78, 5) is 6.47. The number of nitrogens with two attached hydrogens (primary N) is 1. The summed E-state index contributed by atoms with van der Waals surface area (Å²) in [7, 11) is 1.82. The highest BCUT2D eigenvalue weighted by molar-refractivity contribution is 5.81. The van der Waals surface area contributed by atoms with Crippen molar-refractivity contribution in [2.45, 2.75) is 25.0 Å². The molecule has 1 aliphatic heterocycles. The standard InChI is InChI=1S/C21H22F3N3O/c1-3-4-5-14-12-16(8-11-18(14)22)21(13-27(2)20(25)26-21)15-6-9-17(10-7-15)28-19(23)24/h3,6-12,19H,1,4-5,13H2,2H3,(H2,25,26). The summed E-state index contributed by atoms with van der Waals surface area (Å²) in [6, 6.07) is 11.2. The first kappa shape index (κ1) is 19.8. The molecule has 0 amide bonds. The molecule has 4 nitrogen and oxygen atoms in total. The van der Waals surface area contributed by atoms with E-state index in [2.05, 4.69) is 16.3 Å². The van der Waals surface area contributed by atoms with Crippen molar-refractivity contribution in [2.24, 2.45) is 10.7 Å². The largest absolute Gasteiger partial charge is 0.435 e. The van der Waals surface area contributed by atoms with Crippen LogP contribution in [0.25, 0.3) is 0 Å². The Morgan fingerprint density at radius 3 is 2.50 bits per heavy atom. The Labute approximate surface area is 162 Å². The predicted octanol–water partition coefficient (Wildman–Crippen LogP) is 4.05. The van der Waals surface area contributed by atoms with E-state index in [-0.39, 0.29) is 11.6 Å². The molecular weight excluding hydrogens is 367 g/mol. The Morgan fingerprint density at radius 1 is 1.25 bits per heavy atom. The number of allylic oxidation sites excluding steroid dienone is 1. The fourth-order valence-electron chi connectivity index (χ4n) is 3.41. The number of rotatable bonds is 7. The van der Waals surface area contributed by atoms with E-state index in [1.807, 2.05) is 7.05 Å². The van der Waals surface area contributed by atoms with Crippen molar-refractivity contribution in [3.8, 4) is 5.75 Å². The molecule has 0 aliphatic carbocycles. The van der Waals surface area contributed by atoms with Gasteiger partial charge in [-0.25, -0.2) is 9.38 Å². The van der Waals surface area contributed by atoms with Crippen LogP contribution in [0.4, 0.5) is 13.2 Å². The molecule has 2 aromatic rings. The summed E-state index contributed by atoms with van der Waals surface area (Å²) < 4.78 is 43.5. The number of aliphatic imine (C=N–C) groups is 1. The Balaban J connectivity index is 2.06. The van der Waals surface area contributed by atoms with Crippen LogP contribution in [0.1, 0.15) is 23.1 Å². The lowest BCUT2D eigenvalue weighted by Gasteiger charge is -2.28. The van der Waals surface area contributed by atoms with Crippen LogP contribution in [-0.4, -0.2) is 31.1 Å². The molecule has 0 spiro atoms. The highest BCUT2D eigenvalue weighted by Gasteiger charge is 2.41. The van der Waals surface area contributed by atoms with Gasteiger partial charge in [0, 0.05) is 7.05 Å². The molecular formula is C21H22F3N3O. The van der Waals surface area contributed by atoms with Crippen LogP contribution in [0.2, 0.25) is 0 Å².